The second-order valence-corrected chi connectivity index (χ2v) is 7.94. The summed E-state index contributed by atoms with van der Waals surface area (Å²) in [5.74, 6) is 0.764. The molecule has 0 spiro atoms. The van der Waals surface area contributed by atoms with Crippen molar-refractivity contribution in [3.63, 3.8) is 0 Å². The Morgan fingerprint density at radius 2 is 2.10 bits per heavy atom. The Balaban J connectivity index is 0.00000300. The molecule has 0 unspecified atom stereocenters. The van der Waals surface area contributed by atoms with Crippen molar-refractivity contribution in [3.05, 3.63) is 36.3 Å². The van der Waals surface area contributed by atoms with Crippen molar-refractivity contribution in [3.8, 4) is 0 Å². The van der Waals surface area contributed by atoms with Crippen LogP contribution in [0.4, 0.5) is 4.79 Å². The summed E-state index contributed by atoms with van der Waals surface area (Å²) in [6, 6.07) is 6.14. The summed E-state index contributed by atoms with van der Waals surface area (Å²) in [7, 11) is 0. The van der Waals surface area contributed by atoms with Crippen LogP contribution in [0.25, 0.3) is 5.65 Å². The van der Waals surface area contributed by atoms with Crippen LogP contribution in [0.1, 0.15) is 33.4 Å². The van der Waals surface area contributed by atoms with Crippen LogP contribution in [-0.4, -0.2) is 64.2 Å². The molecule has 1 fully saturated rings. The highest BCUT2D eigenvalue weighted by Gasteiger charge is 2.34. The van der Waals surface area contributed by atoms with Gasteiger partial charge in [-0.15, -0.1) is 24.0 Å². The van der Waals surface area contributed by atoms with Crippen LogP contribution >= 0.6 is 24.0 Å². The lowest BCUT2D eigenvalue weighted by Crippen LogP contribution is -2.63. The van der Waals surface area contributed by atoms with Crippen LogP contribution in [0, 0.1) is 0 Å². The molecular weight excluding hydrogens is 483 g/mol. The van der Waals surface area contributed by atoms with E-state index in [0.717, 1.165) is 30.3 Å². The molecule has 3 rings (SSSR count). The number of carbonyl (C=O) groups is 1. The van der Waals surface area contributed by atoms with E-state index in [2.05, 4.69) is 20.6 Å². The first-order chi connectivity index (χ1) is 13.3. The first-order valence-electron chi connectivity index (χ1n) is 9.79. The molecule has 3 heterocycles. The minimum absolute atomic E-state index is 0. The van der Waals surface area contributed by atoms with Gasteiger partial charge in [-0.2, -0.15) is 0 Å². The third-order valence-electron chi connectivity index (χ3n) is 4.27. The summed E-state index contributed by atoms with van der Waals surface area (Å²) in [5.41, 5.74) is 1.50. The van der Waals surface area contributed by atoms with Crippen LogP contribution in [0.2, 0.25) is 0 Å². The third-order valence-corrected chi connectivity index (χ3v) is 4.27. The van der Waals surface area contributed by atoms with E-state index in [9.17, 15) is 4.79 Å². The number of likely N-dealkylation sites (tertiary alicyclic amines) is 1. The molecule has 2 N–H and O–H groups in total. The standard InChI is InChI=1S/C20H30N6O2.HI/c1-5-21-18(24-16-13-26(14-16)19(27)28-20(2,3)4)22-10-9-15-12-25-11-7-6-8-17(25)23-15;/h6-8,11-12,16H,5,9-10,13-14H2,1-4H3,(H2,21,22,24);1H. The van der Waals surface area contributed by atoms with Crippen LogP contribution in [0.15, 0.2) is 35.6 Å². The second kappa shape index (κ2) is 10.1. The molecule has 1 amide bonds. The summed E-state index contributed by atoms with van der Waals surface area (Å²) >= 11 is 0. The molecule has 1 saturated heterocycles. The molecule has 29 heavy (non-hydrogen) atoms. The van der Waals surface area contributed by atoms with Crippen molar-refractivity contribution in [1.29, 1.82) is 0 Å². The maximum absolute atomic E-state index is 12.0. The smallest absolute Gasteiger partial charge is 0.410 e. The average Bonchev–Trinajstić information content (AvgIpc) is 2.98. The van der Waals surface area contributed by atoms with Gasteiger partial charge in [0.25, 0.3) is 0 Å². The number of ether oxygens (including phenoxy) is 1. The maximum atomic E-state index is 12.0. The number of rotatable bonds is 5. The van der Waals surface area contributed by atoms with E-state index in [1.54, 1.807) is 4.90 Å². The number of fused-ring (bicyclic) bond motifs is 1. The van der Waals surface area contributed by atoms with E-state index in [1.165, 1.54) is 0 Å². The predicted octanol–water partition coefficient (Wildman–Crippen LogP) is 2.67. The number of hydrogen-bond acceptors (Lipinski definition) is 4. The quantitative estimate of drug-likeness (QED) is 0.364. The summed E-state index contributed by atoms with van der Waals surface area (Å²) in [4.78, 5) is 23.0. The Bertz CT molecular complexity index is 806. The van der Waals surface area contributed by atoms with E-state index in [4.69, 9.17) is 4.74 Å². The summed E-state index contributed by atoms with van der Waals surface area (Å²) in [5, 5.41) is 6.63. The molecule has 160 valence electrons. The molecule has 0 saturated carbocycles. The zero-order valence-corrected chi connectivity index (χ0v) is 19.8. The fourth-order valence-electron chi connectivity index (χ4n) is 2.95. The van der Waals surface area contributed by atoms with Crippen molar-refractivity contribution in [2.75, 3.05) is 26.2 Å². The van der Waals surface area contributed by atoms with Gasteiger partial charge in [0.1, 0.15) is 11.2 Å². The van der Waals surface area contributed by atoms with Gasteiger partial charge in [0, 0.05) is 45.0 Å². The second-order valence-electron chi connectivity index (χ2n) is 7.94. The zero-order valence-electron chi connectivity index (χ0n) is 17.5. The van der Waals surface area contributed by atoms with Crippen molar-refractivity contribution in [1.82, 2.24) is 24.9 Å². The third kappa shape index (κ3) is 6.76. The van der Waals surface area contributed by atoms with Crippen LogP contribution in [0.3, 0.4) is 0 Å². The largest absolute Gasteiger partial charge is 0.444 e. The maximum Gasteiger partial charge on any atom is 0.410 e. The fourth-order valence-corrected chi connectivity index (χ4v) is 2.95. The molecule has 0 aliphatic carbocycles. The molecule has 0 atom stereocenters. The lowest BCUT2D eigenvalue weighted by atomic mass is 10.1. The lowest BCUT2D eigenvalue weighted by molar-refractivity contribution is 0.00701. The lowest BCUT2D eigenvalue weighted by Gasteiger charge is -2.40. The number of pyridine rings is 1. The topological polar surface area (TPSA) is 83.3 Å². The number of halogens is 1. The molecule has 1 aliphatic rings. The Hall–Kier alpha value is -2.04. The van der Waals surface area contributed by atoms with Gasteiger partial charge in [-0.25, -0.2) is 9.78 Å². The summed E-state index contributed by atoms with van der Waals surface area (Å²) < 4.78 is 7.40. The highest BCUT2D eigenvalue weighted by molar-refractivity contribution is 14.0. The number of nitrogens with zero attached hydrogens (tertiary/aromatic N) is 4. The van der Waals surface area contributed by atoms with Crippen LogP contribution in [0.5, 0.6) is 0 Å². The molecule has 9 heteroatoms. The van der Waals surface area contributed by atoms with E-state index in [1.807, 2.05) is 62.7 Å². The monoisotopic (exact) mass is 514 g/mol. The Morgan fingerprint density at radius 3 is 2.76 bits per heavy atom. The van der Waals surface area contributed by atoms with Crippen molar-refractivity contribution < 1.29 is 9.53 Å². The molecule has 1 aliphatic heterocycles. The molecule has 0 bridgehead atoms. The molecule has 2 aromatic rings. The number of hydrogen-bond donors (Lipinski definition) is 2. The number of carbonyl (C=O) groups excluding carboxylic acids is 1. The van der Waals surface area contributed by atoms with Crippen LogP contribution in [-0.2, 0) is 11.2 Å². The fraction of sp³-hybridized carbons (Fsp3) is 0.550. The molecule has 0 radical (unpaired) electrons. The van der Waals surface area contributed by atoms with E-state index in [-0.39, 0.29) is 36.1 Å². The van der Waals surface area contributed by atoms with Crippen molar-refractivity contribution in [2.45, 2.75) is 45.8 Å². The number of imidazole rings is 1. The Kier molecular flexibility index (Phi) is 8.12. The molecule has 2 aromatic heterocycles. The van der Waals surface area contributed by atoms with Crippen molar-refractivity contribution in [2.24, 2.45) is 4.99 Å². The van der Waals surface area contributed by atoms with Crippen molar-refractivity contribution >= 4 is 41.7 Å². The molecule has 8 nitrogen and oxygen atoms in total. The summed E-state index contributed by atoms with van der Waals surface area (Å²) in [6.45, 7) is 10.3. The molecule has 0 aromatic carbocycles. The van der Waals surface area contributed by atoms with Gasteiger partial charge in [0.05, 0.1) is 11.7 Å². The minimum Gasteiger partial charge on any atom is -0.444 e. The number of aliphatic imine (C=N–C) groups is 1. The zero-order chi connectivity index (χ0) is 20.1. The van der Waals surface area contributed by atoms with Gasteiger partial charge in [-0.3, -0.25) is 4.99 Å². The first kappa shape index (κ1) is 23.2. The van der Waals surface area contributed by atoms with E-state index in [0.29, 0.717) is 19.6 Å². The van der Waals surface area contributed by atoms with E-state index < -0.39 is 5.60 Å². The van der Waals surface area contributed by atoms with Gasteiger partial charge < -0.3 is 24.7 Å². The van der Waals surface area contributed by atoms with Crippen LogP contribution < -0.4 is 10.6 Å². The SMILES string of the molecule is CCNC(=NCCc1cn2ccccc2n1)NC1CN(C(=O)OC(C)(C)C)C1.I. The Labute approximate surface area is 189 Å². The first-order valence-corrected chi connectivity index (χ1v) is 9.79. The van der Waals surface area contributed by atoms with Gasteiger partial charge in [-0.05, 0) is 39.8 Å². The van der Waals surface area contributed by atoms with E-state index >= 15 is 0 Å². The average molecular weight is 514 g/mol. The van der Waals surface area contributed by atoms with Gasteiger partial charge in [0.15, 0.2) is 5.96 Å². The number of nitrogens with one attached hydrogen (secondary N) is 2. The number of amides is 1. The predicted molar refractivity (Wildman–Crippen MR) is 125 cm³/mol. The van der Waals surface area contributed by atoms with Gasteiger partial charge >= 0.3 is 6.09 Å². The number of guanidine groups is 1. The van der Waals surface area contributed by atoms with Gasteiger partial charge in [0.2, 0.25) is 0 Å². The van der Waals surface area contributed by atoms with Gasteiger partial charge in [-0.1, -0.05) is 6.07 Å². The minimum atomic E-state index is -0.468. The Morgan fingerprint density at radius 1 is 1.34 bits per heavy atom. The highest BCUT2D eigenvalue weighted by atomic mass is 127. The normalized spacial score (nSPS) is 14.9. The highest BCUT2D eigenvalue weighted by Crippen LogP contribution is 2.15. The summed E-state index contributed by atoms with van der Waals surface area (Å²) in [6.07, 6.45) is 4.54. The molecular formula is C20H31IN6O2. The number of aromatic nitrogens is 2.